The standard InChI is InChI=1S/C26H10O11/c27-21(28)10-4-1-7-8-2-5-12(23(31)32)17-15(8)16(9-3-6-11(22(29)30)14(10)13(7)9)19-20(18(17)24(33)34)26(36)37-25(19)35/h1-6H,(H,27,28)(H,29,30)(H,31,32)(H,33,34). The van der Waals surface area contributed by atoms with E-state index in [9.17, 15) is 49.2 Å². The number of furan rings is 1. The molecule has 0 radical (unpaired) electrons. The fourth-order valence-corrected chi connectivity index (χ4v) is 5.39. The maximum absolute atomic E-state index is 12.9. The zero-order chi connectivity index (χ0) is 26.5. The molecule has 6 rings (SSSR count). The van der Waals surface area contributed by atoms with Gasteiger partial charge in [-0.15, -0.1) is 0 Å². The van der Waals surface area contributed by atoms with Crippen LogP contribution in [0.4, 0.5) is 0 Å². The van der Waals surface area contributed by atoms with Crippen LogP contribution in [0.25, 0.3) is 53.9 Å². The van der Waals surface area contributed by atoms with Gasteiger partial charge in [0.2, 0.25) is 0 Å². The van der Waals surface area contributed by atoms with Gasteiger partial charge in [0.1, 0.15) is 0 Å². The van der Waals surface area contributed by atoms with E-state index in [-0.39, 0.29) is 48.8 Å². The molecule has 0 fully saturated rings. The number of carbonyl (C=O) groups is 4. The molecule has 0 unspecified atom stereocenters. The van der Waals surface area contributed by atoms with Gasteiger partial charge in [0.05, 0.1) is 33.0 Å². The Hall–Kier alpha value is -5.58. The van der Waals surface area contributed by atoms with E-state index < -0.39 is 57.0 Å². The summed E-state index contributed by atoms with van der Waals surface area (Å²) >= 11 is 0. The molecule has 1 aromatic heterocycles. The normalized spacial score (nSPS) is 11.8. The maximum atomic E-state index is 12.9. The smallest absolute Gasteiger partial charge is 0.347 e. The van der Waals surface area contributed by atoms with Gasteiger partial charge < -0.3 is 24.8 Å². The van der Waals surface area contributed by atoms with Gasteiger partial charge >= 0.3 is 35.1 Å². The third-order valence-corrected chi connectivity index (χ3v) is 6.67. The van der Waals surface area contributed by atoms with Crippen molar-refractivity contribution < 1.29 is 44.0 Å². The summed E-state index contributed by atoms with van der Waals surface area (Å²) < 4.78 is 4.73. The lowest BCUT2D eigenvalue weighted by molar-refractivity contribution is 0.0681. The summed E-state index contributed by atoms with van der Waals surface area (Å²) in [6.07, 6.45) is 0. The van der Waals surface area contributed by atoms with Crippen molar-refractivity contribution in [2.75, 3.05) is 0 Å². The molecule has 11 nitrogen and oxygen atoms in total. The molecule has 180 valence electrons. The van der Waals surface area contributed by atoms with E-state index in [2.05, 4.69) is 0 Å². The molecule has 1 heterocycles. The molecular weight excluding hydrogens is 488 g/mol. The van der Waals surface area contributed by atoms with Crippen LogP contribution in [0.3, 0.4) is 0 Å². The maximum Gasteiger partial charge on any atom is 0.347 e. The highest BCUT2D eigenvalue weighted by Crippen LogP contribution is 2.46. The highest BCUT2D eigenvalue weighted by Gasteiger charge is 2.31. The second kappa shape index (κ2) is 6.98. The molecule has 0 amide bonds. The SMILES string of the molecule is O=C(O)c1ccc2c3ccc(C(=O)O)c4c(C(=O)O)c5c(=O)oc(=O)c5c(c5ccc(C(=O)O)c1c25)c43. The van der Waals surface area contributed by atoms with Crippen LogP contribution in [0.5, 0.6) is 0 Å². The number of hydrogen-bond acceptors (Lipinski definition) is 7. The molecule has 0 aliphatic carbocycles. The number of carboxylic acid groups (broad SMARTS) is 4. The van der Waals surface area contributed by atoms with Gasteiger partial charge in [-0.1, -0.05) is 18.2 Å². The number of carboxylic acids is 4. The second-order valence-corrected chi connectivity index (χ2v) is 8.38. The van der Waals surface area contributed by atoms with Gasteiger partial charge in [-0.05, 0) is 39.7 Å². The molecule has 0 saturated carbocycles. The summed E-state index contributed by atoms with van der Waals surface area (Å²) in [6.45, 7) is 0. The van der Waals surface area contributed by atoms with Gasteiger partial charge in [0.25, 0.3) is 0 Å². The molecular formula is C26H10O11. The second-order valence-electron chi connectivity index (χ2n) is 8.38. The highest BCUT2D eigenvalue weighted by molar-refractivity contribution is 6.43. The van der Waals surface area contributed by atoms with Crippen molar-refractivity contribution in [3.8, 4) is 0 Å². The predicted octanol–water partition coefficient (Wildman–Crippen LogP) is 3.43. The number of fused-ring (bicyclic) bond motifs is 4. The summed E-state index contributed by atoms with van der Waals surface area (Å²) in [5.74, 6) is -5.97. The van der Waals surface area contributed by atoms with Gasteiger partial charge in [0.15, 0.2) is 0 Å². The zero-order valence-electron chi connectivity index (χ0n) is 18.1. The molecule has 0 saturated heterocycles. The first-order valence-corrected chi connectivity index (χ1v) is 10.5. The summed E-state index contributed by atoms with van der Waals surface area (Å²) in [5.41, 5.74) is -4.28. The number of hydrogen-bond donors (Lipinski definition) is 4. The van der Waals surface area contributed by atoms with Crippen LogP contribution < -0.4 is 11.3 Å². The van der Waals surface area contributed by atoms with E-state index in [0.717, 1.165) is 12.1 Å². The quantitative estimate of drug-likeness (QED) is 0.205. The van der Waals surface area contributed by atoms with E-state index in [1.807, 2.05) is 0 Å². The summed E-state index contributed by atoms with van der Waals surface area (Å²) in [5, 5.41) is 38.7. The molecule has 5 aromatic carbocycles. The summed E-state index contributed by atoms with van der Waals surface area (Å²) in [4.78, 5) is 74.1. The molecule has 11 heteroatoms. The van der Waals surface area contributed by atoms with Crippen molar-refractivity contribution in [2.24, 2.45) is 0 Å². The monoisotopic (exact) mass is 498 g/mol. The van der Waals surface area contributed by atoms with Crippen LogP contribution >= 0.6 is 0 Å². The Morgan fingerprint density at radius 2 is 0.892 bits per heavy atom. The lowest BCUT2D eigenvalue weighted by Crippen LogP contribution is -2.10. The van der Waals surface area contributed by atoms with Crippen LogP contribution in [0.2, 0.25) is 0 Å². The first-order chi connectivity index (χ1) is 17.5. The minimum absolute atomic E-state index is 0.0302. The molecule has 0 atom stereocenters. The lowest BCUT2D eigenvalue weighted by atomic mass is 9.82. The minimum atomic E-state index is -1.66. The van der Waals surface area contributed by atoms with Crippen LogP contribution in [0.1, 0.15) is 41.4 Å². The van der Waals surface area contributed by atoms with Gasteiger partial charge in [0, 0.05) is 21.5 Å². The zero-order valence-corrected chi connectivity index (χ0v) is 18.1. The highest BCUT2D eigenvalue weighted by atomic mass is 16.4. The van der Waals surface area contributed by atoms with Crippen LogP contribution in [0, 0.1) is 0 Å². The molecule has 37 heavy (non-hydrogen) atoms. The van der Waals surface area contributed by atoms with Crippen molar-refractivity contribution in [2.45, 2.75) is 0 Å². The van der Waals surface area contributed by atoms with E-state index in [0.29, 0.717) is 5.39 Å². The molecule has 0 bridgehead atoms. The molecule has 0 aliphatic rings. The fraction of sp³-hybridized carbons (Fsp3) is 0. The Labute approximate surface area is 201 Å². The first kappa shape index (κ1) is 21.9. The Kier molecular flexibility index (Phi) is 4.13. The van der Waals surface area contributed by atoms with Crippen molar-refractivity contribution in [1.82, 2.24) is 0 Å². The van der Waals surface area contributed by atoms with Crippen molar-refractivity contribution in [1.29, 1.82) is 0 Å². The summed E-state index contributed by atoms with van der Waals surface area (Å²) in [6, 6.07) is 7.53. The van der Waals surface area contributed by atoms with Crippen LogP contribution in [-0.2, 0) is 0 Å². The van der Waals surface area contributed by atoms with Crippen LogP contribution in [-0.4, -0.2) is 44.3 Å². The van der Waals surface area contributed by atoms with Crippen molar-refractivity contribution in [3.05, 3.63) is 79.5 Å². The number of aromatic carboxylic acids is 4. The van der Waals surface area contributed by atoms with E-state index >= 15 is 0 Å². The predicted molar refractivity (Wildman–Crippen MR) is 129 cm³/mol. The average molecular weight is 498 g/mol. The Balaban J connectivity index is 2.13. The van der Waals surface area contributed by atoms with Crippen molar-refractivity contribution >= 4 is 77.7 Å². The third-order valence-electron chi connectivity index (χ3n) is 6.67. The average Bonchev–Trinajstić information content (AvgIpc) is 3.13. The van der Waals surface area contributed by atoms with E-state index in [4.69, 9.17) is 4.42 Å². The van der Waals surface area contributed by atoms with E-state index in [1.54, 1.807) is 0 Å². The topological polar surface area (TPSA) is 196 Å². The molecule has 0 spiro atoms. The Morgan fingerprint density at radius 3 is 1.41 bits per heavy atom. The van der Waals surface area contributed by atoms with Gasteiger partial charge in [-0.3, -0.25) is 0 Å². The molecule has 4 N–H and O–H groups in total. The number of rotatable bonds is 4. The third kappa shape index (κ3) is 2.59. The molecule has 0 aliphatic heterocycles. The van der Waals surface area contributed by atoms with Gasteiger partial charge in [-0.2, -0.15) is 0 Å². The Morgan fingerprint density at radius 1 is 0.459 bits per heavy atom. The van der Waals surface area contributed by atoms with E-state index in [1.165, 1.54) is 24.3 Å². The van der Waals surface area contributed by atoms with Gasteiger partial charge in [-0.25, -0.2) is 28.8 Å². The first-order valence-electron chi connectivity index (χ1n) is 10.5. The Bertz CT molecular complexity index is 2170. The largest absolute Gasteiger partial charge is 0.478 e. The lowest BCUT2D eigenvalue weighted by Gasteiger charge is -2.19. The molecule has 6 aromatic rings. The minimum Gasteiger partial charge on any atom is -0.478 e. The number of benzene rings is 5. The fourth-order valence-electron chi connectivity index (χ4n) is 5.39. The van der Waals surface area contributed by atoms with Crippen molar-refractivity contribution in [3.63, 3.8) is 0 Å². The van der Waals surface area contributed by atoms with Crippen LogP contribution in [0.15, 0.2) is 50.4 Å². The summed E-state index contributed by atoms with van der Waals surface area (Å²) in [7, 11) is 0.